The number of hydrogen-bond donors (Lipinski definition) is 2. The van der Waals surface area contributed by atoms with Gasteiger partial charge in [-0.2, -0.15) is 5.10 Å². The minimum Gasteiger partial charge on any atom is -0.333 e. The lowest BCUT2D eigenvalue weighted by molar-refractivity contribution is 0.0734. The van der Waals surface area contributed by atoms with E-state index in [1.54, 1.807) is 0 Å². The highest BCUT2D eigenvalue weighted by atomic mass is 16.2. The Balaban J connectivity index is 1.71. The van der Waals surface area contributed by atoms with Crippen molar-refractivity contribution in [2.24, 2.45) is 5.73 Å². The maximum atomic E-state index is 12.9. The van der Waals surface area contributed by atoms with Gasteiger partial charge in [0.15, 0.2) is 0 Å². The summed E-state index contributed by atoms with van der Waals surface area (Å²) in [5.41, 5.74) is 7.27. The number of benzene rings is 1. The van der Waals surface area contributed by atoms with Crippen LogP contribution in [0.2, 0.25) is 0 Å². The van der Waals surface area contributed by atoms with E-state index in [4.69, 9.17) is 5.73 Å². The first-order chi connectivity index (χ1) is 12.3. The Hall–Kier alpha value is -2.18. The zero-order valence-electron chi connectivity index (χ0n) is 14.6. The van der Waals surface area contributed by atoms with Crippen molar-refractivity contribution in [1.82, 2.24) is 20.0 Å². The van der Waals surface area contributed by atoms with E-state index in [-0.39, 0.29) is 5.91 Å². The summed E-state index contributed by atoms with van der Waals surface area (Å²) in [5, 5.41) is 7.94. The number of amides is 1. The standard InChI is InChI=1S/C19H27N5O/c20-10-5-12-23(15-16-6-2-1-3-7-16)19(25)18-9-13-24(22-18)17-8-4-11-21-14-17/h1-3,6-7,9,13,17,21H,4-5,8,10-12,14-15,20H2. The van der Waals surface area contributed by atoms with Crippen molar-refractivity contribution in [3.05, 3.63) is 53.9 Å². The van der Waals surface area contributed by atoms with Crippen LogP contribution in [0.3, 0.4) is 0 Å². The maximum Gasteiger partial charge on any atom is 0.274 e. The number of nitrogens with two attached hydrogens (primary N) is 1. The van der Waals surface area contributed by atoms with Crippen LogP contribution in [-0.2, 0) is 6.54 Å². The summed E-state index contributed by atoms with van der Waals surface area (Å²) in [4.78, 5) is 14.8. The molecule has 2 heterocycles. The fourth-order valence-electron chi connectivity index (χ4n) is 3.22. The van der Waals surface area contributed by atoms with Crippen LogP contribution >= 0.6 is 0 Å². The summed E-state index contributed by atoms with van der Waals surface area (Å²) in [6.07, 6.45) is 4.95. The highest BCUT2D eigenvalue weighted by molar-refractivity contribution is 5.92. The quantitative estimate of drug-likeness (QED) is 0.805. The monoisotopic (exact) mass is 341 g/mol. The topological polar surface area (TPSA) is 76.2 Å². The third kappa shape index (κ3) is 4.67. The number of nitrogens with one attached hydrogen (secondary N) is 1. The molecule has 134 valence electrons. The summed E-state index contributed by atoms with van der Waals surface area (Å²) in [7, 11) is 0. The van der Waals surface area contributed by atoms with Gasteiger partial charge < -0.3 is 16.0 Å². The van der Waals surface area contributed by atoms with Crippen molar-refractivity contribution in [2.45, 2.75) is 31.8 Å². The van der Waals surface area contributed by atoms with Crippen molar-refractivity contribution in [2.75, 3.05) is 26.2 Å². The minimum atomic E-state index is -0.0279. The summed E-state index contributed by atoms with van der Waals surface area (Å²) in [5.74, 6) is -0.0279. The Kier molecular flexibility index (Phi) is 6.19. The van der Waals surface area contributed by atoms with Crippen molar-refractivity contribution in [1.29, 1.82) is 0 Å². The van der Waals surface area contributed by atoms with E-state index in [0.717, 1.165) is 37.9 Å². The van der Waals surface area contributed by atoms with E-state index in [0.29, 0.717) is 31.4 Å². The van der Waals surface area contributed by atoms with Crippen molar-refractivity contribution < 1.29 is 4.79 Å². The molecule has 6 nitrogen and oxygen atoms in total. The fourth-order valence-corrected chi connectivity index (χ4v) is 3.22. The van der Waals surface area contributed by atoms with Gasteiger partial charge in [-0.25, -0.2) is 0 Å². The molecular formula is C19H27N5O. The van der Waals surface area contributed by atoms with Crippen molar-refractivity contribution in [3.8, 4) is 0 Å². The first-order valence-corrected chi connectivity index (χ1v) is 9.07. The second-order valence-electron chi connectivity index (χ2n) is 6.54. The lowest BCUT2D eigenvalue weighted by atomic mass is 10.1. The molecule has 0 bridgehead atoms. The van der Waals surface area contributed by atoms with Gasteiger partial charge in [0, 0.05) is 25.8 Å². The normalized spacial score (nSPS) is 17.4. The van der Waals surface area contributed by atoms with E-state index < -0.39 is 0 Å². The molecule has 1 fully saturated rings. The molecule has 1 saturated heterocycles. The minimum absolute atomic E-state index is 0.0279. The number of rotatable bonds is 7. The molecule has 0 spiro atoms. The van der Waals surface area contributed by atoms with Gasteiger partial charge in [0.05, 0.1) is 6.04 Å². The van der Waals surface area contributed by atoms with Crippen LogP contribution in [0, 0.1) is 0 Å². The largest absolute Gasteiger partial charge is 0.333 e. The molecule has 1 amide bonds. The Morgan fingerprint density at radius 1 is 1.32 bits per heavy atom. The Morgan fingerprint density at radius 3 is 2.88 bits per heavy atom. The summed E-state index contributed by atoms with van der Waals surface area (Å²) >= 11 is 0. The van der Waals surface area contributed by atoms with Gasteiger partial charge in [0.1, 0.15) is 5.69 Å². The molecule has 1 aliphatic heterocycles. The summed E-state index contributed by atoms with van der Waals surface area (Å²) in [6, 6.07) is 12.2. The molecule has 0 aliphatic carbocycles. The van der Waals surface area contributed by atoms with Gasteiger partial charge in [-0.3, -0.25) is 9.48 Å². The molecule has 0 radical (unpaired) electrons. The van der Waals surface area contributed by atoms with Crippen LogP contribution in [0.1, 0.15) is 41.4 Å². The van der Waals surface area contributed by atoms with Gasteiger partial charge in [0.25, 0.3) is 5.91 Å². The van der Waals surface area contributed by atoms with E-state index in [2.05, 4.69) is 10.4 Å². The van der Waals surface area contributed by atoms with Crippen LogP contribution in [0.4, 0.5) is 0 Å². The number of hydrogen-bond acceptors (Lipinski definition) is 4. The van der Waals surface area contributed by atoms with Crippen molar-refractivity contribution >= 4 is 5.91 Å². The molecule has 2 aromatic rings. The van der Waals surface area contributed by atoms with Crippen LogP contribution in [0.15, 0.2) is 42.6 Å². The molecule has 1 unspecified atom stereocenters. The molecule has 3 N–H and O–H groups in total. The van der Waals surface area contributed by atoms with Gasteiger partial charge in [0.2, 0.25) is 0 Å². The molecule has 1 aromatic carbocycles. The molecule has 0 saturated carbocycles. The predicted molar refractivity (Wildman–Crippen MR) is 98.2 cm³/mol. The molecular weight excluding hydrogens is 314 g/mol. The van der Waals surface area contributed by atoms with E-state index >= 15 is 0 Å². The predicted octanol–water partition coefficient (Wildman–Crippen LogP) is 1.80. The molecule has 3 rings (SSSR count). The molecule has 6 heteroatoms. The van der Waals surface area contributed by atoms with Gasteiger partial charge in [-0.05, 0) is 44.0 Å². The summed E-state index contributed by atoms with van der Waals surface area (Å²) < 4.78 is 1.93. The smallest absolute Gasteiger partial charge is 0.274 e. The zero-order chi connectivity index (χ0) is 17.5. The average molecular weight is 341 g/mol. The van der Waals surface area contributed by atoms with Crippen LogP contribution in [0.5, 0.6) is 0 Å². The van der Waals surface area contributed by atoms with Crippen LogP contribution < -0.4 is 11.1 Å². The number of piperidine rings is 1. The van der Waals surface area contributed by atoms with E-state index in [1.165, 1.54) is 0 Å². The third-order valence-corrected chi connectivity index (χ3v) is 4.61. The number of carbonyl (C=O) groups excluding carboxylic acids is 1. The average Bonchev–Trinajstić information content (AvgIpc) is 3.16. The molecule has 1 aromatic heterocycles. The summed E-state index contributed by atoms with van der Waals surface area (Å²) in [6.45, 7) is 3.77. The fraction of sp³-hybridized carbons (Fsp3) is 0.474. The zero-order valence-corrected chi connectivity index (χ0v) is 14.6. The maximum absolute atomic E-state index is 12.9. The van der Waals surface area contributed by atoms with Gasteiger partial charge >= 0.3 is 0 Å². The lowest BCUT2D eigenvalue weighted by Crippen LogP contribution is -2.34. The highest BCUT2D eigenvalue weighted by Gasteiger charge is 2.21. The van der Waals surface area contributed by atoms with Crippen LogP contribution in [-0.4, -0.2) is 46.8 Å². The SMILES string of the molecule is NCCCN(Cc1ccccc1)C(=O)c1ccn(C2CCCNC2)n1. The Bertz CT molecular complexity index is 663. The lowest BCUT2D eigenvalue weighted by Gasteiger charge is -2.23. The second kappa shape index (κ2) is 8.78. The van der Waals surface area contributed by atoms with E-state index in [9.17, 15) is 4.79 Å². The number of carbonyl (C=O) groups is 1. The number of nitrogens with zero attached hydrogens (tertiary/aromatic N) is 3. The van der Waals surface area contributed by atoms with E-state index in [1.807, 2.05) is 52.2 Å². The van der Waals surface area contributed by atoms with Gasteiger partial charge in [-0.1, -0.05) is 30.3 Å². The molecule has 25 heavy (non-hydrogen) atoms. The van der Waals surface area contributed by atoms with Crippen molar-refractivity contribution in [3.63, 3.8) is 0 Å². The molecule has 1 aliphatic rings. The third-order valence-electron chi connectivity index (χ3n) is 4.61. The Labute approximate surface area is 149 Å². The first kappa shape index (κ1) is 17.6. The van der Waals surface area contributed by atoms with Crippen LogP contribution in [0.25, 0.3) is 0 Å². The number of aromatic nitrogens is 2. The highest BCUT2D eigenvalue weighted by Crippen LogP contribution is 2.17. The second-order valence-corrected chi connectivity index (χ2v) is 6.54. The first-order valence-electron chi connectivity index (χ1n) is 9.07. The van der Waals surface area contributed by atoms with Gasteiger partial charge in [-0.15, -0.1) is 0 Å². The molecule has 1 atom stereocenters. The Morgan fingerprint density at radius 2 is 2.16 bits per heavy atom.